The molecule has 0 aromatic carbocycles. The van der Waals surface area contributed by atoms with E-state index in [1.165, 1.54) is 7.11 Å². The van der Waals surface area contributed by atoms with Crippen LogP contribution >= 0.6 is 0 Å². The molecular formula is C12H23NO2. The number of methoxy groups -OCH3 is 1. The minimum absolute atomic E-state index is 0.204. The molecule has 1 unspecified atom stereocenters. The molecule has 0 bridgehead atoms. The molecule has 0 saturated heterocycles. The average molecular weight is 213 g/mol. The number of carbonyl (C=O) groups is 1. The lowest BCUT2D eigenvalue weighted by Crippen LogP contribution is -2.51. The number of rotatable bonds is 7. The number of hydrogen-bond donors (Lipinski definition) is 1. The summed E-state index contributed by atoms with van der Waals surface area (Å²) in [7, 11) is 1.42. The predicted molar refractivity (Wildman–Crippen MR) is 62.7 cm³/mol. The highest BCUT2D eigenvalue weighted by Crippen LogP contribution is 2.15. The first-order valence-corrected chi connectivity index (χ1v) is 5.40. The quantitative estimate of drug-likeness (QED) is 0.520. The summed E-state index contributed by atoms with van der Waals surface area (Å²) in [4.78, 5) is 11.6. The first-order chi connectivity index (χ1) is 6.96. The molecule has 1 atom stereocenters. The van der Waals surface area contributed by atoms with Crippen LogP contribution in [0.2, 0.25) is 0 Å². The van der Waals surface area contributed by atoms with Crippen molar-refractivity contribution in [1.29, 1.82) is 0 Å². The van der Waals surface area contributed by atoms with Gasteiger partial charge in [-0.2, -0.15) is 0 Å². The molecule has 0 fully saturated rings. The third-order valence-electron chi connectivity index (χ3n) is 2.38. The Morgan fingerprint density at radius 1 is 1.60 bits per heavy atom. The standard InChI is InChI=1S/C12H23NO2/c1-6-7-8-12(4,11(14)15-5)13-9-10(2)3/h6,10,13H,1,7-9H2,2-5H3. The Bertz CT molecular complexity index is 214. The van der Waals surface area contributed by atoms with Crippen LogP contribution in [0, 0.1) is 5.92 Å². The summed E-state index contributed by atoms with van der Waals surface area (Å²) < 4.78 is 4.81. The van der Waals surface area contributed by atoms with Gasteiger partial charge in [0.15, 0.2) is 0 Å². The van der Waals surface area contributed by atoms with Crippen molar-refractivity contribution in [1.82, 2.24) is 5.32 Å². The van der Waals surface area contributed by atoms with E-state index in [2.05, 4.69) is 25.7 Å². The summed E-state index contributed by atoms with van der Waals surface area (Å²) in [6, 6.07) is 0. The van der Waals surface area contributed by atoms with Crippen LogP contribution in [0.3, 0.4) is 0 Å². The summed E-state index contributed by atoms with van der Waals surface area (Å²) >= 11 is 0. The van der Waals surface area contributed by atoms with Gasteiger partial charge in [0.05, 0.1) is 7.11 Å². The molecule has 0 amide bonds. The third kappa shape index (κ3) is 4.98. The summed E-state index contributed by atoms with van der Waals surface area (Å²) in [5.74, 6) is 0.308. The lowest BCUT2D eigenvalue weighted by molar-refractivity contribution is -0.148. The number of allylic oxidation sites excluding steroid dienone is 1. The molecule has 0 aromatic heterocycles. The number of hydrogen-bond acceptors (Lipinski definition) is 3. The van der Waals surface area contributed by atoms with Crippen LogP contribution < -0.4 is 5.32 Å². The van der Waals surface area contributed by atoms with Crippen LogP contribution in [0.15, 0.2) is 12.7 Å². The Kier molecular flexibility index (Phi) is 6.25. The van der Waals surface area contributed by atoms with Crippen LogP contribution in [0.1, 0.15) is 33.6 Å². The molecule has 0 aliphatic heterocycles. The van der Waals surface area contributed by atoms with Gasteiger partial charge >= 0.3 is 5.97 Å². The number of nitrogens with one attached hydrogen (secondary N) is 1. The Balaban J connectivity index is 4.39. The van der Waals surface area contributed by atoms with E-state index >= 15 is 0 Å². The second-order valence-electron chi connectivity index (χ2n) is 4.43. The Hall–Kier alpha value is -0.830. The number of ether oxygens (including phenoxy) is 1. The van der Waals surface area contributed by atoms with Crippen molar-refractivity contribution in [2.75, 3.05) is 13.7 Å². The average Bonchev–Trinajstić information content (AvgIpc) is 2.22. The van der Waals surface area contributed by atoms with Gasteiger partial charge in [-0.1, -0.05) is 19.9 Å². The number of carbonyl (C=O) groups excluding carboxylic acids is 1. The van der Waals surface area contributed by atoms with Gasteiger partial charge in [0.2, 0.25) is 0 Å². The minimum Gasteiger partial charge on any atom is -0.468 e. The van der Waals surface area contributed by atoms with Gasteiger partial charge in [-0.05, 0) is 32.2 Å². The van der Waals surface area contributed by atoms with Crippen molar-refractivity contribution in [2.24, 2.45) is 5.92 Å². The normalized spacial score (nSPS) is 14.7. The molecule has 1 N–H and O–H groups in total. The van der Waals surface area contributed by atoms with Crippen LogP contribution in [0.5, 0.6) is 0 Å². The first-order valence-electron chi connectivity index (χ1n) is 5.40. The molecule has 0 saturated carbocycles. The zero-order valence-corrected chi connectivity index (χ0v) is 10.3. The monoisotopic (exact) mass is 213 g/mol. The maximum absolute atomic E-state index is 11.6. The summed E-state index contributed by atoms with van der Waals surface area (Å²) in [5, 5.41) is 3.26. The van der Waals surface area contributed by atoms with E-state index in [0.29, 0.717) is 5.92 Å². The fraction of sp³-hybridized carbons (Fsp3) is 0.750. The molecule has 3 heteroatoms. The Morgan fingerprint density at radius 3 is 2.60 bits per heavy atom. The second-order valence-corrected chi connectivity index (χ2v) is 4.43. The molecule has 0 spiro atoms. The van der Waals surface area contributed by atoms with E-state index < -0.39 is 5.54 Å². The lowest BCUT2D eigenvalue weighted by atomic mass is 9.95. The summed E-state index contributed by atoms with van der Waals surface area (Å²) in [6.07, 6.45) is 3.34. The van der Waals surface area contributed by atoms with Crippen molar-refractivity contribution < 1.29 is 9.53 Å². The molecule has 3 nitrogen and oxygen atoms in total. The van der Waals surface area contributed by atoms with Crippen molar-refractivity contribution in [3.63, 3.8) is 0 Å². The van der Waals surface area contributed by atoms with E-state index in [9.17, 15) is 4.79 Å². The SMILES string of the molecule is C=CCCC(C)(NCC(C)C)C(=O)OC. The van der Waals surface area contributed by atoms with Crippen molar-refractivity contribution in [3.8, 4) is 0 Å². The minimum atomic E-state index is -0.590. The van der Waals surface area contributed by atoms with Gasteiger partial charge in [-0.3, -0.25) is 4.79 Å². The largest absolute Gasteiger partial charge is 0.468 e. The van der Waals surface area contributed by atoms with E-state index in [4.69, 9.17) is 4.74 Å². The summed E-state index contributed by atoms with van der Waals surface area (Å²) in [5.41, 5.74) is -0.590. The Morgan fingerprint density at radius 2 is 2.20 bits per heavy atom. The molecule has 0 rings (SSSR count). The zero-order chi connectivity index (χ0) is 11.9. The third-order valence-corrected chi connectivity index (χ3v) is 2.38. The molecular weight excluding hydrogens is 190 g/mol. The highest BCUT2D eigenvalue weighted by Gasteiger charge is 2.32. The van der Waals surface area contributed by atoms with E-state index in [1.54, 1.807) is 0 Å². The predicted octanol–water partition coefficient (Wildman–Crippen LogP) is 2.13. The molecule has 0 aliphatic rings. The van der Waals surface area contributed by atoms with Gasteiger partial charge < -0.3 is 10.1 Å². The van der Waals surface area contributed by atoms with Crippen LogP contribution in [-0.2, 0) is 9.53 Å². The molecule has 0 heterocycles. The molecule has 88 valence electrons. The van der Waals surface area contributed by atoms with Gasteiger partial charge in [0.1, 0.15) is 5.54 Å². The van der Waals surface area contributed by atoms with Crippen molar-refractivity contribution in [3.05, 3.63) is 12.7 Å². The van der Waals surface area contributed by atoms with E-state index in [0.717, 1.165) is 19.4 Å². The van der Waals surface area contributed by atoms with Crippen LogP contribution in [0.4, 0.5) is 0 Å². The maximum Gasteiger partial charge on any atom is 0.325 e. The second kappa shape index (κ2) is 6.62. The van der Waals surface area contributed by atoms with Crippen LogP contribution in [-0.4, -0.2) is 25.2 Å². The maximum atomic E-state index is 11.6. The smallest absolute Gasteiger partial charge is 0.325 e. The molecule has 0 radical (unpaired) electrons. The Labute approximate surface area is 92.9 Å². The van der Waals surface area contributed by atoms with Crippen LogP contribution in [0.25, 0.3) is 0 Å². The first kappa shape index (κ1) is 14.2. The molecule has 0 aliphatic carbocycles. The fourth-order valence-corrected chi connectivity index (χ4v) is 1.31. The number of esters is 1. The van der Waals surface area contributed by atoms with Crippen molar-refractivity contribution in [2.45, 2.75) is 39.2 Å². The zero-order valence-electron chi connectivity index (χ0n) is 10.3. The lowest BCUT2D eigenvalue weighted by Gasteiger charge is -2.28. The highest BCUT2D eigenvalue weighted by molar-refractivity contribution is 5.80. The fourth-order valence-electron chi connectivity index (χ4n) is 1.31. The van der Waals surface area contributed by atoms with Gasteiger partial charge in [-0.25, -0.2) is 0 Å². The highest BCUT2D eigenvalue weighted by atomic mass is 16.5. The van der Waals surface area contributed by atoms with Gasteiger partial charge in [0.25, 0.3) is 0 Å². The van der Waals surface area contributed by atoms with Gasteiger partial charge in [-0.15, -0.1) is 6.58 Å². The molecule has 15 heavy (non-hydrogen) atoms. The summed E-state index contributed by atoms with van der Waals surface area (Å²) in [6.45, 7) is 10.6. The van der Waals surface area contributed by atoms with Crippen molar-refractivity contribution >= 4 is 5.97 Å². The van der Waals surface area contributed by atoms with E-state index in [1.807, 2.05) is 13.0 Å². The topological polar surface area (TPSA) is 38.3 Å². The molecule has 0 aromatic rings. The van der Waals surface area contributed by atoms with Gasteiger partial charge in [0, 0.05) is 0 Å². The van der Waals surface area contributed by atoms with E-state index in [-0.39, 0.29) is 5.97 Å².